The Kier molecular flexibility index (Phi) is 6.75. The molecule has 0 radical (unpaired) electrons. The molecule has 6 nitrogen and oxygen atoms in total. The highest BCUT2D eigenvalue weighted by atomic mass is 35.5. The molecule has 0 amide bonds. The molecule has 2 heterocycles. The number of para-hydroxylation sites is 1. The van der Waals surface area contributed by atoms with Gasteiger partial charge in [-0.15, -0.1) is 0 Å². The predicted molar refractivity (Wildman–Crippen MR) is 151 cm³/mol. The van der Waals surface area contributed by atoms with E-state index in [-0.39, 0.29) is 16.8 Å². The molecule has 0 aliphatic heterocycles. The number of rotatable bonds is 5. The molecule has 0 unspecified atom stereocenters. The minimum absolute atomic E-state index is 0.0601. The molecule has 0 atom stereocenters. The summed E-state index contributed by atoms with van der Waals surface area (Å²) in [6.45, 7) is 6.61. The quantitative estimate of drug-likeness (QED) is 0.206. The van der Waals surface area contributed by atoms with Crippen LogP contribution in [0.25, 0.3) is 33.5 Å². The fourth-order valence-electron chi connectivity index (χ4n) is 3.72. The molecule has 0 aliphatic rings. The van der Waals surface area contributed by atoms with Crippen molar-refractivity contribution in [1.29, 1.82) is 0 Å². The molecule has 37 heavy (non-hydrogen) atoms. The summed E-state index contributed by atoms with van der Waals surface area (Å²) in [6, 6.07) is 17.5. The standard InChI is InChI=1S/C28H22Cl3N3O3/c1-28(2,3)15-36-25-20(30)10-16(11-21(25)31)14-32-34-26(33-22-7-5-4-6-19(22)27(34)35)24-13-17-12-18(29)8-9-23(17)37-24/h4-14H,15H2,1-3H3. The van der Waals surface area contributed by atoms with Crippen LogP contribution in [0.5, 0.6) is 5.75 Å². The normalized spacial score (nSPS) is 12.2. The van der Waals surface area contributed by atoms with Crippen LogP contribution in [0.3, 0.4) is 0 Å². The minimum atomic E-state index is -0.349. The summed E-state index contributed by atoms with van der Waals surface area (Å²) in [5, 5.41) is 6.93. The van der Waals surface area contributed by atoms with E-state index < -0.39 is 0 Å². The van der Waals surface area contributed by atoms with Crippen LogP contribution in [0, 0.1) is 5.41 Å². The molecule has 0 saturated carbocycles. The van der Waals surface area contributed by atoms with Gasteiger partial charge < -0.3 is 9.15 Å². The van der Waals surface area contributed by atoms with Crippen LogP contribution in [0.1, 0.15) is 26.3 Å². The van der Waals surface area contributed by atoms with Gasteiger partial charge in [0.15, 0.2) is 11.5 Å². The van der Waals surface area contributed by atoms with Gasteiger partial charge in [0.25, 0.3) is 5.56 Å². The van der Waals surface area contributed by atoms with Crippen molar-refractivity contribution in [2.75, 3.05) is 6.61 Å². The second-order valence-corrected chi connectivity index (χ2v) is 11.0. The van der Waals surface area contributed by atoms with Gasteiger partial charge in [-0.3, -0.25) is 4.79 Å². The maximum absolute atomic E-state index is 13.5. The van der Waals surface area contributed by atoms with Crippen molar-refractivity contribution in [3.63, 3.8) is 0 Å². The highest BCUT2D eigenvalue weighted by Gasteiger charge is 2.18. The van der Waals surface area contributed by atoms with Crippen LogP contribution < -0.4 is 10.3 Å². The monoisotopic (exact) mass is 553 g/mol. The molecule has 188 valence electrons. The first kappa shape index (κ1) is 25.3. The average Bonchev–Trinajstić information content (AvgIpc) is 3.25. The van der Waals surface area contributed by atoms with E-state index in [0.717, 1.165) is 5.39 Å². The predicted octanol–water partition coefficient (Wildman–Crippen LogP) is 8.08. The Morgan fingerprint density at radius 2 is 1.76 bits per heavy atom. The Hall–Kier alpha value is -3.32. The van der Waals surface area contributed by atoms with Gasteiger partial charge >= 0.3 is 0 Å². The Morgan fingerprint density at radius 1 is 1.03 bits per heavy atom. The van der Waals surface area contributed by atoms with Gasteiger partial charge in [0.05, 0.1) is 33.8 Å². The number of fused-ring (bicyclic) bond motifs is 2. The molecular formula is C28H22Cl3N3O3. The number of halogens is 3. The smallest absolute Gasteiger partial charge is 0.282 e. The van der Waals surface area contributed by atoms with Crippen LogP contribution in [0.4, 0.5) is 0 Å². The third-order valence-electron chi connectivity index (χ3n) is 5.44. The Bertz CT molecular complexity index is 1710. The summed E-state index contributed by atoms with van der Waals surface area (Å²) >= 11 is 19.1. The van der Waals surface area contributed by atoms with Crippen LogP contribution in [-0.4, -0.2) is 22.5 Å². The SMILES string of the molecule is CC(C)(C)COc1c(Cl)cc(C=Nn2c(-c3cc4cc(Cl)ccc4o3)nc3ccccc3c2=O)cc1Cl. The first-order valence-electron chi connectivity index (χ1n) is 11.5. The molecule has 9 heteroatoms. The van der Waals surface area contributed by atoms with E-state index in [0.29, 0.717) is 55.2 Å². The lowest BCUT2D eigenvalue weighted by atomic mass is 9.99. The van der Waals surface area contributed by atoms with E-state index >= 15 is 0 Å². The fourth-order valence-corrected chi connectivity index (χ4v) is 4.51. The molecule has 5 aromatic rings. The average molecular weight is 555 g/mol. The number of nitrogens with zero attached hydrogens (tertiary/aromatic N) is 3. The number of hydrogen-bond donors (Lipinski definition) is 0. The third kappa shape index (κ3) is 5.37. The summed E-state index contributed by atoms with van der Waals surface area (Å²) in [4.78, 5) is 18.1. The molecule has 3 aromatic carbocycles. The zero-order valence-electron chi connectivity index (χ0n) is 20.3. The van der Waals surface area contributed by atoms with E-state index in [1.807, 2.05) is 6.07 Å². The Morgan fingerprint density at radius 3 is 2.49 bits per heavy atom. The highest BCUT2D eigenvalue weighted by Crippen LogP contribution is 2.35. The summed E-state index contributed by atoms with van der Waals surface area (Å²) in [5.74, 6) is 1.02. The largest absolute Gasteiger partial charge is 0.490 e. The molecule has 5 rings (SSSR count). The maximum atomic E-state index is 13.5. The van der Waals surface area contributed by atoms with E-state index in [1.165, 1.54) is 10.9 Å². The topological polar surface area (TPSA) is 69.6 Å². The van der Waals surface area contributed by atoms with Crippen molar-refractivity contribution in [1.82, 2.24) is 9.66 Å². The Labute approximate surface area is 228 Å². The van der Waals surface area contributed by atoms with Crippen molar-refractivity contribution in [3.05, 3.63) is 91.6 Å². The van der Waals surface area contributed by atoms with Crippen molar-refractivity contribution >= 4 is 62.9 Å². The molecule has 0 N–H and O–H groups in total. The maximum Gasteiger partial charge on any atom is 0.282 e. The van der Waals surface area contributed by atoms with Crippen molar-refractivity contribution < 1.29 is 9.15 Å². The summed E-state index contributed by atoms with van der Waals surface area (Å²) in [7, 11) is 0. The summed E-state index contributed by atoms with van der Waals surface area (Å²) < 4.78 is 13.0. The second-order valence-electron chi connectivity index (χ2n) is 9.77. The van der Waals surface area contributed by atoms with E-state index in [9.17, 15) is 4.79 Å². The van der Waals surface area contributed by atoms with Crippen LogP contribution >= 0.6 is 34.8 Å². The van der Waals surface area contributed by atoms with E-state index in [1.54, 1.807) is 54.6 Å². The fraction of sp³-hybridized carbons (Fsp3) is 0.179. The van der Waals surface area contributed by atoms with Crippen LogP contribution in [0.2, 0.25) is 15.1 Å². The van der Waals surface area contributed by atoms with E-state index in [4.69, 9.17) is 44.0 Å². The van der Waals surface area contributed by atoms with Gasteiger partial charge in [0.1, 0.15) is 5.58 Å². The lowest BCUT2D eigenvalue weighted by molar-refractivity contribution is 0.198. The highest BCUT2D eigenvalue weighted by molar-refractivity contribution is 6.37. The first-order valence-corrected chi connectivity index (χ1v) is 12.6. The van der Waals surface area contributed by atoms with Crippen LogP contribution in [-0.2, 0) is 0 Å². The lowest BCUT2D eigenvalue weighted by Crippen LogP contribution is -2.20. The molecule has 0 aliphatic carbocycles. The Balaban J connectivity index is 1.60. The lowest BCUT2D eigenvalue weighted by Gasteiger charge is -2.20. The van der Waals surface area contributed by atoms with Crippen LogP contribution in [0.15, 0.2) is 75.0 Å². The summed E-state index contributed by atoms with van der Waals surface area (Å²) in [5.41, 5.74) is 1.31. The number of ether oxygens (including phenoxy) is 1. The number of furan rings is 1. The number of aromatic nitrogens is 2. The minimum Gasteiger partial charge on any atom is -0.490 e. The zero-order valence-corrected chi connectivity index (χ0v) is 22.5. The third-order valence-corrected chi connectivity index (χ3v) is 6.24. The van der Waals surface area contributed by atoms with Gasteiger partial charge in [-0.25, -0.2) is 4.98 Å². The summed E-state index contributed by atoms with van der Waals surface area (Å²) in [6.07, 6.45) is 1.49. The van der Waals surface area contributed by atoms with E-state index in [2.05, 4.69) is 30.9 Å². The first-order chi connectivity index (χ1) is 17.6. The number of benzene rings is 3. The number of hydrogen-bond acceptors (Lipinski definition) is 5. The second kappa shape index (κ2) is 9.86. The molecule has 0 saturated heterocycles. The molecule has 0 bridgehead atoms. The van der Waals surface area contributed by atoms with Crippen molar-refractivity contribution in [2.45, 2.75) is 20.8 Å². The molecular weight excluding hydrogens is 533 g/mol. The van der Waals surface area contributed by atoms with Gasteiger partial charge in [0.2, 0.25) is 5.82 Å². The van der Waals surface area contributed by atoms with Gasteiger partial charge in [-0.2, -0.15) is 9.78 Å². The van der Waals surface area contributed by atoms with Gasteiger partial charge in [0, 0.05) is 10.4 Å². The zero-order chi connectivity index (χ0) is 26.3. The molecule has 0 fully saturated rings. The van der Waals surface area contributed by atoms with Crippen molar-refractivity contribution in [2.24, 2.45) is 10.5 Å². The molecule has 2 aromatic heterocycles. The van der Waals surface area contributed by atoms with Gasteiger partial charge in [-0.1, -0.05) is 67.7 Å². The molecule has 0 spiro atoms. The van der Waals surface area contributed by atoms with Crippen molar-refractivity contribution in [3.8, 4) is 17.3 Å². The van der Waals surface area contributed by atoms with Gasteiger partial charge in [-0.05, 0) is 59.5 Å².